The predicted molar refractivity (Wildman–Crippen MR) is 128 cm³/mol. The molecule has 0 bridgehead atoms. The third kappa shape index (κ3) is 5.23. The first kappa shape index (κ1) is 22.1. The van der Waals surface area contributed by atoms with Crippen LogP contribution < -0.4 is 20.1 Å². The molecule has 4 rings (SSSR count). The Morgan fingerprint density at radius 3 is 2.58 bits per heavy atom. The smallest absolute Gasteiger partial charge is 0.319 e. The molecule has 2 heterocycles. The van der Waals surface area contributed by atoms with E-state index in [-0.39, 0.29) is 6.03 Å². The van der Waals surface area contributed by atoms with Gasteiger partial charge >= 0.3 is 6.03 Å². The van der Waals surface area contributed by atoms with Gasteiger partial charge in [0.15, 0.2) is 17.1 Å². The largest absolute Gasteiger partial charge is 0.493 e. The Morgan fingerprint density at radius 1 is 1.03 bits per heavy atom. The summed E-state index contributed by atoms with van der Waals surface area (Å²) in [4.78, 5) is 21.7. The number of nitrogens with one attached hydrogen (secondary N) is 2. The number of urea groups is 1. The number of carbonyl (C=O) groups is 1. The van der Waals surface area contributed by atoms with Gasteiger partial charge in [-0.25, -0.2) is 14.8 Å². The van der Waals surface area contributed by atoms with Gasteiger partial charge in [0.2, 0.25) is 0 Å². The number of ether oxygens (including phenoxy) is 2. The molecule has 8 nitrogen and oxygen atoms in total. The molecule has 2 N–H and O–H groups in total. The topological polar surface area (TPSA) is 90.3 Å². The molecule has 0 saturated heterocycles. The molecule has 0 aliphatic rings. The first-order chi connectivity index (χ1) is 16.1. The second kappa shape index (κ2) is 10.0. The molecule has 2 amide bonds. The molecule has 0 saturated carbocycles. The summed E-state index contributed by atoms with van der Waals surface area (Å²) >= 11 is 0. The Balaban J connectivity index is 1.43. The lowest BCUT2D eigenvalue weighted by molar-refractivity contribution is 0.252. The van der Waals surface area contributed by atoms with Crippen molar-refractivity contribution in [2.45, 2.75) is 19.9 Å². The zero-order chi connectivity index (χ0) is 23.2. The molecule has 0 aliphatic heterocycles. The van der Waals surface area contributed by atoms with E-state index in [4.69, 9.17) is 14.5 Å². The lowest BCUT2D eigenvalue weighted by Gasteiger charge is -2.12. The zero-order valence-corrected chi connectivity index (χ0v) is 19.0. The van der Waals surface area contributed by atoms with Crippen molar-refractivity contribution in [2.75, 3.05) is 26.1 Å². The summed E-state index contributed by atoms with van der Waals surface area (Å²) in [6.45, 7) is 3.17. The van der Waals surface area contributed by atoms with Crippen molar-refractivity contribution in [2.24, 2.45) is 0 Å². The van der Waals surface area contributed by atoms with Crippen LogP contribution in [0.4, 0.5) is 10.5 Å². The molecular formula is C25H27N5O3. The Bertz CT molecular complexity index is 1250. The molecule has 0 radical (unpaired) electrons. The van der Waals surface area contributed by atoms with Crippen molar-refractivity contribution in [3.05, 3.63) is 77.7 Å². The van der Waals surface area contributed by atoms with E-state index < -0.39 is 0 Å². The number of aromatic nitrogens is 3. The quantitative estimate of drug-likeness (QED) is 0.425. The van der Waals surface area contributed by atoms with Crippen LogP contribution in [-0.2, 0) is 13.0 Å². The summed E-state index contributed by atoms with van der Waals surface area (Å²) in [7, 11) is 3.12. The number of methoxy groups -OCH3 is 2. The van der Waals surface area contributed by atoms with Gasteiger partial charge in [0.25, 0.3) is 0 Å². The van der Waals surface area contributed by atoms with Crippen LogP contribution in [0, 0.1) is 6.92 Å². The normalized spacial score (nSPS) is 10.8. The Kier molecular flexibility index (Phi) is 6.73. The summed E-state index contributed by atoms with van der Waals surface area (Å²) in [5.74, 6) is 2.02. The van der Waals surface area contributed by atoms with Gasteiger partial charge in [-0.1, -0.05) is 29.8 Å². The van der Waals surface area contributed by atoms with Crippen molar-refractivity contribution < 1.29 is 14.3 Å². The minimum absolute atomic E-state index is 0.304. The lowest BCUT2D eigenvalue weighted by atomic mass is 10.1. The minimum Gasteiger partial charge on any atom is -0.493 e. The van der Waals surface area contributed by atoms with Crippen LogP contribution in [0.5, 0.6) is 11.5 Å². The van der Waals surface area contributed by atoms with E-state index in [1.54, 1.807) is 38.6 Å². The van der Waals surface area contributed by atoms with Crippen molar-refractivity contribution in [3.8, 4) is 11.5 Å². The fourth-order valence-corrected chi connectivity index (χ4v) is 3.62. The molecule has 2 aromatic heterocycles. The third-order valence-corrected chi connectivity index (χ3v) is 5.32. The van der Waals surface area contributed by atoms with Crippen molar-refractivity contribution in [1.82, 2.24) is 19.9 Å². The number of hydrogen-bond acceptors (Lipinski definition) is 5. The molecule has 0 atom stereocenters. The van der Waals surface area contributed by atoms with Crippen molar-refractivity contribution >= 4 is 22.9 Å². The highest BCUT2D eigenvalue weighted by atomic mass is 16.5. The number of benzene rings is 2. The molecule has 170 valence electrons. The fraction of sp³-hybridized carbons (Fsp3) is 0.240. The highest BCUT2D eigenvalue weighted by Crippen LogP contribution is 2.29. The van der Waals surface area contributed by atoms with E-state index in [9.17, 15) is 4.79 Å². The highest BCUT2D eigenvalue weighted by molar-refractivity contribution is 5.89. The first-order valence-corrected chi connectivity index (χ1v) is 10.7. The van der Waals surface area contributed by atoms with Crippen molar-refractivity contribution in [3.63, 3.8) is 0 Å². The summed E-state index contributed by atoms with van der Waals surface area (Å²) in [6, 6.07) is 17.2. The highest BCUT2D eigenvalue weighted by Gasteiger charge is 2.13. The number of rotatable bonds is 8. The molecule has 0 aliphatic carbocycles. The van der Waals surface area contributed by atoms with Crippen LogP contribution >= 0.6 is 0 Å². The van der Waals surface area contributed by atoms with Gasteiger partial charge in [0.05, 0.1) is 20.8 Å². The molecule has 0 fully saturated rings. The monoisotopic (exact) mass is 445 g/mol. The van der Waals surface area contributed by atoms with E-state index in [0.29, 0.717) is 36.7 Å². The van der Waals surface area contributed by atoms with Gasteiger partial charge in [-0.3, -0.25) is 0 Å². The molecule has 0 spiro atoms. The van der Waals surface area contributed by atoms with Gasteiger partial charge < -0.3 is 24.7 Å². The maximum atomic E-state index is 12.4. The second-order valence-electron chi connectivity index (χ2n) is 7.65. The number of imidazole rings is 1. The van der Waals surface area contributed by atoms with Gasteiger partial charge in [-0.15, -0.1) is 0 Å². The Hall–Kier alpha value is -4.07. The number of hydrogen-bond donors (Lipinski definition) is 2. The van der Waals surface area contributed by atoms with E-state index in [2.05, 4.69) is 51.4 Å². The number of anilines is 1. The Labute approximate surface area is 192 Å². The summed E-state index contributed by atoms with van der Waals surface area (Å²) in [6.07, 6.45) is 2.34. The number of amides is 2. The standard InChI is InChI=1S/C25H27N5O3/c1-17-6-8-18(9-7-17)16-30-23(29-20-5-4-13-26-24(20)30)12-14-27-25(31)28-19-10-11-21(32-2)22(15-19)33-3/h4-11,13,15H,12,14,16H2,1-3H3,(H2,27,28,31). The third-order valence-electron chi connectivity index (χ3n) is 5.32. The van der Waals surface area contributed by atoms with Crippen LogP contribution in [0.2, 0.25) is 0 Å². The molecule has 33 heavy (non-hydrogen) atoms. The zero-order valence-electron chi connectivity index (χ0n) is 19.0. The summed E-state index contributed by atoms with van der Waals surface area (Å²) in [5.41, 5.74) is 4.68. The summed E-state index contributed by atoms with van der Waals surface area (Å²) in [5, 5.41) is 5.71. The average Bonchev–Trinajstić information content (AvgIpc) is 3.17. The number of carbonyl (C=O) groups excluding carboxylic acids is 1. The molecule has 0 unspecified atom stereocenters. The van der Waals surface area contributed by atoms with E-state index in [1.807, 2.05) is 12.1 Å². The molecular weight excluding hydrogens is 418 g/mol. The van der Waals surface area contributed by atoms with E-state index in [0.717, 1.165) is 17.0 Å². The van der Waals surface area contributed by atoms with Gasteiger partial charge in [0.1, 0.15) is 11.3 Å². The maximum Gasteiger partial charge on any atom is 0.319 e. The predicted octanol–water partition coefficient (Wildman–Crippen LogP) is 4.17. The molecule has 4 aromatic rings. The van der Waals surface area contributed by atoms with Crippen LogP contribution in [-0.4, -0.2) is 41.3 Å². The van der Waals surface area contributed by atoms with E-state index in [1.165, 1.54) is 11.1 Å². The van der Waals surface area contributed by atoms with Crippen molar-refractivity contribution in [1.29, 1.82) is 0 Å². The van der Waals surface area contributed by atoms with Crippen LogP contribution in [0.1, 0.15) is 17.0 Å². The van der Waals surface area contributed by atoms with Gasteiger partial charge in [0, 0.05) is 30.9 Å². The lowest BCUT2D eigenvalue weighted by Crippen LogP contribution is -2.31. The van der Waals surface area contributed by atoms with Crippen LogP contribution in [0.15, 0.2) is 60.8 Å². The van der Waals surface area contributed by atoms with E-state index >= 15 is 0 Å². The maximum absolute atomic E-state index is 12.4. The SMILES string of the molecule is COc1ccc(NC(=O)NCCc2nc3cccnc3n2Cc2ccc(C)cc2)cc1OC. The fourth-order valence-electron chi connectivity index (χ4n) is 3.62. The Morgan fingerprint density at radius 2 is 1.82 bits per heavy atom. The van der Waals surface area contributed by atoms with Gasteiger partial charge in [-0.2, -0.15) is 0 Å². The molecule has 8 heteroatoms. The average molecular weight is 446 g/mol. The number of pyridine rings is 1. The number of fused-ring (bicyclic) bond motifs is 1. The van der Waals surface area contributed by atoms with Gasteiger partial charge in [-0.05, 0) is 36.8 Å². The van der Waals surface area contributed by atoms with Crippen LogP contribution in [0.25, 0.3) is 11.2 Å². The second-order valence-corrected chi connectivity index (χ2v) is 7.65. The number of aryl methyl sites for hydroxylation is 1. The number of nitrogens with zero attached hydrogens (tertiary/aromatic N) is 3. The molecule has 2 aromatic carbocycles. The van der Waals surface area contributed by atoms with Crippen LogP contribution in [0.3, 0.4) is 0 Å². The summed E-state index contributed by atoms with van der Waals surface area (Å²) < 4.78 is 12.6. The first-order valence-electron chi connectivity index (χ1n) is 10.7. The minimum atomic E-state index is -0.304.